The molecule has 3 aliphatic rings. The summed E-state index contributed by atoms with van der Waals surface area (Å²) in [6.07, 6.45) is -6.33. The number of aliphatic hydroxyl groups excluding tert-OH is 5. The molecule has 4 rings (SSSR count). The lowest BCUT2D eigenvalue weighted by molar-refractivity contribution is -0.299. The summed E-state index contributed by atoms with van der Waals surface area (Å²) < 4.78 is 27.9. The smallest absolute Gasteiger partial charge is 0.331 e. The van der Waals surface area contributed by atoms with E-state index in [0.717, 1.165) is 6.08 Å². The zero-order valence-corrected chi connectivity index (χ0v) is 24.3. The van der Waals surface area contributed by atoms with Crippen molar-refractivity contribution in [3.63, 3.8) is 0 Å². The topological polar surface area (TPSA) is 222 Å². The summed E-state index contributed by atoms with van der Waals surface area (Å²) in [5, 5.41) is 71.5. The number of phenolic OH excluding ortho intramolecular Hbond substituents is 1. The molecule has 244 valence electrons. The van der Waals surface area contributed by atoms with Gasteiger partial charge >= 0.3 is 11.9 Å². The molecule has 1 saturated heterocycles. The molecule has 0 radical (unpaired) electrons. The monoisotopic (exact) mass is 624 g/mol. The minimum absolute atomic E-state index is 0.0331. The quantitative estimate of drug-likeness (QED) is 0.120. The van der Waals surface area contributed by atoms with Gasteiger partial charge in [-0.05, 0) is 41.7 Å². The van der Waals surface area contributed by atoms with Gasteiger partial charge in [-0.15, -0.1) is 0 Å². The van der Waals surface area contributed by atoms with Crippen molar-refractivity contribution in [3.8, 4) is 5.75 Å². The van der Waals surface area contributed by atoms with Crippen molar-refractivity contribution in [1.82, 2.24) is 0 Å². The second kappa shape index (κ2) is 14.3. The molecule has 7 N–H and O–H groups in total. The van der Waals surface area contributed by atoms with Crippen LogP contribution in [-0.4, -0.2) is 116 Å². The normalized spacial score (nSPS) is 35.2. The molecule has 1 aromatic carbocycles. The molecule has 2 heterocycles. The molecule has 14 heteroatoms. The van der Waals surface area contributed by atoms with Crippen molar-refractivity contribution < 1.29 is 69.0 Å². The average Bonchev–Trinajstić information content (AvgIpc) is 3.28. The van der Waals surface area contributed by atoms with Gasteiger partial charge in [-0.25, -0.2) is 4.79 Å². The van der Waals surface area contributed by atoms with Gasteiger partial charge in [0.05, 0.1) is 32.0 Å². The molecule has 10 atom stereocenters. The highest BCUT2D eigenvalue weighted by molar-refractivity contribution is 5.87. The lowest BCUT2D eigenvalue weighted by Crippen LogP contribution is -2.59. The Balaban J connectivity index is 1.54. The number of carbonyl (C=O) groups is 2. The summed E-state index contributed by atoms with van der Waals surface area (Å²) in [5.41, 5.74) is -1.15. The van der Waals surface area contributed by atoms with Crippen molar-refractivity contribution in [3.05, 3.63) is 47.7 Å². The Morgan fingerprint density at radius 3 is 2.39 bits per heavy atom. The van der Waals surface area contributed by atoms with Crippen LogP contribution in [0.2, 0.25) is 0 Å². The van der Waals surface area contributed by atoms with E-state index in [1.807, 2.05) is 13.8 Å². The SMILES string of the molecule is CC(C)CC(=O)O[C@@H]1OC=C(CO[C@@H]2O[C@H](CO)[C@@H](O)[C@H](O)[C@H]2O)[C@H]2C[C@H](OC(=O)C=Cc3ccc(O)cc3)[C@](O)(CO)[C@@H]12. The maximum atomic E-state index is 12.8. The molecule has 1 aromatic rings. The van der Waals surface area contributed by atoms with Crippen molar-refractivity contribution in [2.45, 2.75) is 75.4 Å². The number of hydrogen-bond acceptors (Lipinski definition) is 14. The first kappa shape index (κ1) is 33.8. The highest BCUT2D eigenvalue weighted by Crippen LogP contribution is 2.50. The Labute approximate surface area is 253 Å². The molecule has 2 fully saturated rings. The number of phenols is 1. The summed E-state index contributed by atoms with van der Waals surface area (Å²) in [5.74, 6) is -3.24. The van der Waals surface area contributed by atoms with Crippen LogP contribution in [0.4, 0.5) is 0 Å². The van der Waals surface area contributed by atoms with Crippen LogP contribution in [0.3, 0.4) is 0 Å². The second-order valence-electron chi connectivity index (χ2n) is 11.7. The van der Waals surface area contributed by atoms with E-state index in [1.165, 1.54) is 24.5 Å². The number of ether oxygens (including phenoxy) is 5. The third-order valence-electron chi connectivity index (χ3n) is 8.06. The zero-order chi connectivity index (χ0) is 32.2. The van der Waals surface area contributed by atoms with Gasteiger partial charge < -0.3 is 59.4 Å². The lowest BCUT2D eigenvalue weighted by atomic mass is 9.80. The minimum Gasteiger partial charge on any atom is -0.508 e. The van der Waals surface area contributed by atoms with Crippen LogP contribution in [0.1, 0.15) is 32.3 Å². The van der Waals surface area contributed by atoms with Crippen LogP contribution < -0.4 is 0 Å². The van der Waals surface area contributed by atoms with E-state index in [4.69, 9.17) is 23.7 Å². The first-order chi connectivity index (χ1) is 20.9. The predicted octanol–water partition coefficient (Wildman–Crippen LogP) is -0.677. The number of fused-ring (bicyclic) bond motifs is 1. The summed E-state index contributed by atoms with van der Waals surface area (Å²) in [6.45, 7) is 1.81. The maximum Gasteiger partial charge on any atom is 0.331 e. The number of carbonyl (C=O) groups excluding carboxylic acids is 2. The zero-order valence-electron chi connectivity index (χ0n) is 24.3. The molecule has 0 amide bonds. The second-order valence-corrected chi connectivity index (χ2v) is 11.7. The highest BCUT2D eigenvalue weighted by atomic mass is 16.7. The number of hydrogen-bond donors (Lipinski definition) is 7. The highest BCUT2D eigenvalue weighted by Gasteiger charge is 2.62. The van der Waals surface area contributed by atoms with Gasteiger partial charge in [0.1, 0.15) is 41.9 Å². The maximum absolute atomic E-state index is 12.8. The van der Waals surface area contributed by atoms with E-state index in [2.05, 4.69) is 0 Å². The summed E-state index contributed by atoms with van der Waals surface area (Å²) in [7, 11) is 0. The van der Waals surface area contributed by atoms with Crippen molar-refractivity contribution in [2.24, 2.45) is 17.8 Å². The standard InChI is InChI=1S/C30H40O14/c1-15(2)9-23(35)44-28-24-19(17(12-40-28)13-41-29-27(38)26(37)25(36)20(11-31)42-29)10-21(30(24,39)14-32)43-22(34)8-5-16-3-6-18(33)7-4-16/h3-8,12,15,19-21,24-29,31-33,36-39H,9-11,13-14H2,1-2H3/t19-,20-,21+,24-,25-,26+,27-,28+,29-,30-/m1/s1. The molecule has 0 spiro atoms. The van der Waals surface area contributed by atoms with Crippen molar-refractivity contribution in [1.29, 1.82) is 0 Å². The summed E-state index contributed by atoms with van der Waals surface area (Å²) in [6, 6.07) is 6.04. The number of rotatable bonds is 11. The average molecular weight is 625 g/mol. The number of benzene rings is 1. The molecule has 2 aliphatic heterocycles. The minimum atomic E-state index is -2.11. The molecule has 14 nitrogen and oxygen atoms in total. The van der Waals surface area contributed by atoms with E-state index < -0.39 is 85.7 Å². The van der Waals surface area contributed by atoms with E-state index in [0.29, 0.717) is 11.1 Å². The third-order valence-corrected chi connectivity index (χ3v) is 8.06. The number of esters is 2. The van der Waals surface area contributed by atoms with Crippen LogP contribution in [0.15, 0.2) is 42.2 Å². The molecule has 44 heavy (non-hydrogen) atoms. The van der Waals surface area contributed by atoms with E-state index in [9.17, 15) is 45.3 Å². The Morgan fingerprint density at radius 2 is 1.75 bits per heavy atom. The van der Waals surface area contributed by atoms with Crippen molar-refractivity contribution in [2.75, 3.05) is 19.8 Å². The van der Waals surface area contributed by atoms with E-state index in [-0.39, 0.29) is 31.1 Å². The Bertz CT molecular complexity index is 1200. The number of aliphatic hydroxyl groups is 6. The fraction of sp³-hybridized carbons (Fsp3) is 0.600. The van der Waals surface area contributed by atoms with Crippen LogP contribution in [0, 0.1) is 17.8 Å². The van der Waals surface area contributed by atoms with Gasteiger partial charge in [-0.3, -0.25) is 4.79 Å². The van der Waals surface area contributed by atoms with Crippen molar-refractivity contribution >= 4 is 18.0 Å². The van der Waals surface area contributed by atoms with Crippen LogP contribution in [-0.2, 0) is 33.3 Å². The fourth-order valence-electron chi connectivity index (χ4n) is 5.70. The number of aromatic hydroxyl groups is 1. The van der Waals surface area contributed by atoms with Gasteiger partial charge in [-0.1, -0.05) is 26.0 Å². The lowest BCUT2D eigenvalue weighted by Gasteiger charge is -2.41. The first-order valence-corrected chi connectivity index (χ1v) is 14.3. The predicted molar refractivity (Wildman–Crippen MR) is 149 cm³/mol. The van der Waals surface area contributed by atoms with Gasteiger partial charge in [0.2, 0.25) is 6.29 Å². The van der Waals surface area contributed by atoms with E-state index >= 15 is 0 Å². The van der Waals surface area contributed by atoms with Gasteiger partial charge in [0, 0.05) is 18.4 Å². The van der Waals surface area contributed by atoms with Gasteiger partial charge in [-0.2, -0.15) is 0 Å². The first-order valence-electron chi connectivity index (χ1n) is 14.3. The summed E-state index contributed by atoms with van der Waals surface area (Å²) in [4.78, 5) is 25.3. The Morgan fingerprint density at radius 1 is 1.05 bits per heavy atom. The Hall–Kier alpha value is -3.08. The molecule has 1 saturated carbocycles. The largest absolute Gasteiger partial charge is 0.508 e. The molecule has 1 aliphatic carbocycles. The van der Waals surface area contributed by atoms with Crippen LogP contribution >= 0.6 is 0 Å². The third kappa shape index (κ3) is 7.41. The van der Waals surface area contributed by atoms with Crippen LogP contribution in [0.25, 0.3) is 6.08 Å². The summed E-state index contributed by atoms with van der Waals surface area (Å²) >= 11 is 0. The molecular weight excluding hydrogens is 584 g/mol. The molecule has 0 aromatic heterocycles. The van der Waals surface area contributed by atoms with Gasteiger partial charge in [0.15, 0.2) is 6.29 Å². The van der Waals surface area contributed by atoms with Crippen LogP contribution in [0.5, 0.6) is 5.75 Å². The Kier molecular flexibility index (Phi) is 11.0. The molecule has 0 bridgehead atoms. The fourth-order valence-corrected chi connectivity index (χ4v) is 5.70. The molecular formula is C30H40O14. The van der Waals surface area contributed by atoms with Gasteiger partial charge in [0.25, 0.3) is 0 Å². The molecule has 0 unspecified atom stereocenters. The van der Waals surface area contributed by atoms with E-state index in [1.54, 1.807) is 12.1 Å².